The van der Waals surface area contributed by atoms with Gasteiger partial charge in [-0.25, -0.2) is 0 Å². The van der Waals surface area contributed by atoms with Crippen molar-refractivity contribution in [1.82, 2.24) is 0 Å². The van der Waals surface area contributed by atoms with Crippen LogP contribution in [0.15, 0.2) is 109 Å². The zero-order valence-electron chi connectivity index (χ0n) is 20.8. The molecule has 0 heterocycles. The maximum Gasteiger partial charge on any atom is -0.00258 e. The van der Waals surface area contributed by atoms with Gasteiger partial charge in [0.15, 0.2) is 0 Å². The fourth-order valence-electron chi connectivity index (χ4n) is 3.07. The normalized spacial score (nSPS) is 9.19. The number of aryl methyl sites for hydroxylation is 2. The molecule has 0 heteroatoms. The largest absolute Gasteiger partial charge is 0.0683 e. The topological polar surface area (TPSA) is 0 Å². The van der Waals surface area contributed by atoms with Crippen LogP contribution >= 0.6 is 0 Å². The lowest BCUT2D eigenvalue weighted by molar-refractivity contribution is 1.18. The summed E-state index contributed by atoms with van der Waals surface area (Å²) in [6.07, 6.45) is 2.06. The van der Waals surface area contributed by atoms with Crippen LogP contribution in [-0.4, -0.2) is 0 Å². The van der Waals surface area contributed by atoms with Gasteiger partial charge in [-0.1, -0.05) is 148 Å². The van der Waals surface area contributed by atoms with Crippen LogP contribution in [0.1, 0.15) is 61.1 Å². The minimum atomic E-state index is 1.03. The first-order valence-electron chi connectivity index (χ1n) is 11.9. The van der Waals surface area contributed by atoms with Crippen molar-refractivity contribution in [2.45, 2.75) is 54.4 Å². The van der Waals surface area contributed by atoms with Gasteiger partial charge in [0, 0.05) is 0 Å². The minimum absolute atomic E-state index is 1.03. The molecule has 0 radical (unpaired) electrons. The van der Waals surface area contributed by atoms with Gasteiger partial charge in [0.05, 0.1) is 0 Å². The molecule has 0 nitrogen and oxygen atoms in total. The van der Waals surface area contributed by atoms with Gasteiger partial charge in [0.25, 0.3) is 0 Å². The van der Waals surface area contributed by atoms with Gasteiger partial charge in [-0.3, -0.25) is 0 Å². The van der Waals surface area contributed by atoms with Gasteiger partial charge in [0.1, 0.15) is 0 Å². The first kappa shape index (κ1) is 26.9. The molecule has 0 atom stereocenters. The Morgan fingerprint density at radius 2 is 0.594 bits per heavy atom. The Labute approximate surface area is 197 Å². The molecule has 0 aliphatic heterocycles. The highest BCUT2D eigenvalue weighted by atomic mass is 14.0. The van der Waals surface area contributed by atoms with E-state index in [1.807, 2.05) is 27.7 Å². The third kappa shape index (κ3) is 10.8. The standard InChI is InChI=1S/C15H16.C13H12.2C2H6/c1-12-3-7-14(8-4-12)11-15-9-5-13(2)6-10-15;1-3-7-12(8-4-1)11-13-9-5-2-6-10-13;2*1-2/h3-10H,11H2,1-2H3;1-10H,11H2;2*1-2H3. The summed E-state index contributed by atoms with van der Waals surface area (Å²) in [5.41, 5.74) is 8.14. The van der Waals surface area contributed by atoms with Crippen molar-refractivity contribution >= 4 is 0 Å². The third-order valence-electron chi connectivity index (χ3n) is 4.74. The van der Waals surface area contributed by atoms with Crippen molar-refractivity contribution in [1.29, 1.82) is 0 Å². The van der Waals surface area contributed by atoms with E-state index in [1.54, 1.807) is 0 Å². The average molecular weight is 425 g/mol. The van der Waals surface area contributed by atoms with E-state index < -0.39 is 0 Å². The number of hydrogen-bond acceptors (Lipinski definition) is 0. The Hall–Kier alpha value is -3.12. The highest BCUT2D eigenvalue weighted by molar-refractivity contribution is 5.30. The van der Waals surface area contributed by atoms with Gasteiger partial charge in [-0.2, -0.15) is 0 Å². The molecule has 168 valence electrons. The van der Waals surface area contributed by atoms with Crippen LogP contribution in [-0.2, 0) is 12.8 Å². The smallest absolute Gasteiger partial charge is 0.00258 e. The van der Waals surface area contributed by atoms with Gasteiger partial charge in [-0.15, -0.1) is 0 Å². The molecule has 0 amide bonds. The van der Waals surface area contributed by atoms with E-state index in [-0.39, 0.29) is 0 Å². The Kier molecular flexibility index (Phi) is 13.9. The fourth-order valence-corrected chi connectivity index (χ4v) is 3.07. The highest BCUT2D eigenvalue weighted by Gasteiger charge is 1.95. The molecule has 0 spiro atoms. The molecule has 0 saturated carbocycles. The van der Waals surface area contributed by atoms with E-state index in [2.05, 4.69) is 123 Å². The Bertz CT molecular complexity index is 853. The van der Waals surface area contributed by atoms with Crippen LogP contribution < -0.4 is 0 Å². The summed E-state index contributed by atoms with van der Waals surface area (Å²) in [4.78, 5) is 0. The average Bonchev–Trinajstić information content (AvgIpc) is 2.86. The van der Waals surface area contributed by atoms with E-state index in [0.717, 1.165) is 12.8 Å². The number of rotatable bonds is 4. The molecule has 0 aliphatic rings. The van der Waals surface area contributed by atoms with Gasteiger partial charge in [0.2, 0.25) is 0 Å². The Morgan fingerprint density at radius 1 is 0.344 bits per heavy atom. The molecule has 0 aromatic heterocycles. The van der Waals surface area contributed by atoms with Gasteiger partial charge < -0.3 is 0 Å². The van der Waals surface area contributed by atoms with E-state index in [1.165, 1.54) is 33.4 Å². The van der Waals surface area contributed by atoms with Crippen LogP contribution in [0, 0.1) is 13.8 Å². The van der Waals surface area contributed by atoms with Crippen molar-refractivity contribution < 1.29 is 0 Å². The van der Waals surface area contributed by atoms with Crippen molar-refractivity contribution in [2.75, 3.05) is 0 Å². The lowest BCUT2D eigenvalue weighted by Gasteiger charge is -2.03. The summed E-state index contributed by atoms with van der Waals surface area (Å²) in [5, 5.41) is 0. The summed E-state index contributed by atoms with van der Waals surface area (Å²) in [5.74, 6) is 0. The summed E-state index contributed by atoms with van der Waals surface area (Å²) in [6, 6.07) is 38.6. The molecule has 0 saturated heterocycles. The van der Waals surface area contributed by atoms with Crippen LogP contribution in [0.2, 0.25) is 0 Å². The van der Waals surface area contributed by atoms with E-state index >= 15 is 0 Å². The van der Waals surface area contributed by atoms with Crippen LogP contribution in [0.4, 0.5) is 0 Å². The molecule has 32 heavy (non-hydrogen) atoms. The lowest BCUT2D eigenvalue weighted by atomic mass is 10.0. The molecule has 4 rings (SSSR count). The highest BCUT2D eigenvalue weighted by Crippen LogP contribution is 2.11. The van der Waals surface area contributed by atoms with Crippen molar-refractivity contribution in [2.24, 2.45) is 0 Å². The fraction of sp³-hybridized carbons (Fsp3) is 0.250. The maximum atomic E-state index is 2.20. The summed E-state index contributed by atoms with van der Waals surface area (Å²) in [7, 11) is 0. The molecule has 0 N–H and O–H groups in total. The summed E-state index contributed by atoms with van der Waals surface area (Å²) >= 11 is 0. The molecule has 0 unspecified atom stereocenters. The zero-order chi connectivity index (χ0) is 23.6. The molecule has 4 aromatic carbocycles. The van der Waals surface area contributed by atoms with Gasteiger partial charge >= 0.3 is 0 Å². The van der Waals surface area contributed by atoms with Crippen molar-refractivity contribution in [3.05, 3.63) is 143 Å². The number of benzene rings is 4. The molecular formula is C32H40. The number of hydrogen-bond donors (Lipinski definition) is 0. The summed E-state index contributed by atoms with van der Waals surface area (Å²) in [6.45, 7) is 12.2. The molecule has 0 bridgehead atoms. The SMILES string of the molecule is CC.CC.Cc1ccc(Cc2ccc(C)cc2)cc1.c1ccc(Cc2ccccc2)cc1. The van der Waals surface area contributed by atoms with Crippen LogP contribution in [0.25, 0.3) is 0 Å². The zero-order valence-corrected chi connectivity index (χ0v) is 20.8. The predicted molar refractivity (Wildman–Crippen MR) is 144 cm³/mol. The second kappa shape index (κ2) is 16.6. The van der Waals surface area contributed by atoms with Crippen molar-refractivity contribution in [3.63, 3.8) is 0 Å². The van der Waals surface area contributed by atoms with Gasteiger partial charge in [-0.05, 0) is 48.9 Å². The summed E-state index contributed by atoms with van der Waals surface area (Å²) < 4.78 is 0. The monoisotopic (exact) mass is 424 g/mol. The van der Waals surface area contributed by atoms with Crippen LogP contribution in [0.5, 0.6) is 0 Å². The lowest BCUT2D eigenvalue weighted by Crippen LogP contribution is -1.88. The maximum absolute atomic E-state index is 2.20. The third-order valence-corrected chi connectivity index (χ3v) is 4.74. The predicted octanol–water partition coefficient (Wildman–Crippen LogP) is 9.22. The van der Waals surface area contributed by atoms with E-state index in [4.69, 9.17) is 0 Å². The molecule has 4 aromatic rings. The molecule has 0 fully saturated rings. The Morgan fingerprint density at radius 3 is 0.875 bits per heavy atom. The second-order valence-corrected chi connectivity index (χ2v) is 7.30. The molecule has 0 aliphatic carbocycles. The van der Waals surface area contributed by atoms with E-state index in [9.17, 15) is 0 Å². The first-order chi connectivity index (χ1) is 15.7. The minimum Gasteiger partial charge on any atom is -0.0683 e. The molecular weight excluding hydrogens is 384 g/mol. The van der Waals surface area contributed by atoms with E-state index in [0.29, 0.717) is 0 Å². The first-order valence-corrected chi connectivity index (χ1v) is 11.9. The van der Waals surface area contributed by atoms with Crippen LogP contribution in [0.3, 0.4) is 0 Å². The second-order valence-electron chi connectivity index (χ2n) is 7.30. The van der Waals surface area contributed by atoms with Crippen molar-refractivity contribution in [3.8, 4) is 0 Å². The Balaban J connectivity index is 0.000000279. The quantitative estimate of drug-likeness (QED) is 0.306.